The van der Waals surface area contributed by atoms with Crippen molar-refractivity contribution < 1.29 is 13.7 Å². The normalized spacial score (nSPS) is 15.2. The van der Waals surface area contributed by atoms with E-state index in [-0.39, 0.29) is 18.1 Å². The highest BCUT2D eigenvalue weighted by atomic mass is 19.1. The van der Waals surface area contributed by atoms with E-state index in [1.54, 1.807) is 24.0 Å². The fraction of sp³-hybridized carbons (Fsp3) is 0.400. The molecular formula is C15H17FN4O2. The van der Waals surface area contributed by atoms with Gasteiger partial charge in [0.05, 0.1) is 5.69 Å². The minimum atomic E-state index is -0.233. The molecule has 1 saturated heterocycles. The first-order chi connectivity index (χ1) is 10.6. The molecule has 1 aliphatic heterocycles. The van der Waals surface area contributed by atoms with E-state index in [2.05, 4.69) is 10.1 Å². The van der Waals surface area contributed by atoms with Gasteiger partial charge in [-0.15, -0.1) is 0 Å². The van der Waals surface area contributed by atoms with Gasteiger partial charge in [0.15, 0.2) is 5.82 Å². The summed E-state index contributed by atoms with van der Waals surface area (Å²) >= 11 is 0. The Bertz CT molecular complexity index is 665. The second-order valence-electron chi connectivity index (χ2n) is 5.23. The fourth-order valence-electron chi connectivity index (χ4n) is 2.56. The molecule has 0 spiro atoms. The molecule has 3 rings (SSSR count). The van der Waals surface area contributed by atoms with Crippen molar-refractivity contribution in [1.82, 2.24) is 15.0 Å². The summed E-state index contributed by atoms with van der Waals surface area (Å²) in [7, 11) is 0. The fourth-order valence-corrected chi connectivity index (χ4v) is 2.56. The second kappa shape index (κ2) is 6.13. The summed E-state index contributed by atoms with van der Waals surface area (Å²) in [6.45, 7) is 4.04. The SMILES string of the molecule is Cc1noc(CC(=O)N2CCN(c3ccccc3F)CC2)n1. The van der Waals surface area contributed by atoms with Crippen molar-refractivity contribution in [3.8, 4) is 0 Å². The van der Waals surface area contributed by atoms with Gasteiger partial charge in [-0.1, -0.05) is 17.3 Å². The van der Waals surface area contributed by atoms with Gasteiger partial charge in [-0.25, -0.2) is 4.39 Å². The number of halogens is 1. The predicted molar refractivity (Wildman–Crippen MR) is 77.9 cm³/mol. The number of hydrogen-bond donors (Lipinski definition) is 0. The lowest BCUT2D eigenvalue weighted by atomic mass is 10.2. The molecule has 1 aliphatic rings. The third-order valence-electron chi connectivity index (χ3n) is 3.70. The lowest BCUT2D eigenvalue weighted by Crippen LogP contribution is -2.49. The number of piperazine rings is 1. The first-order valence-electron chi connectivity index (χ1n) is 7.20. The van der Waals surface area contributed by atoms with Gasteiger partial charge >= 0.3 is 0 Å². The maximum atomic E-state index is 13.8. The molecule has 0 unspecified atom stereocenters. The molecule has 0 radical (unpaired) electrons. The monoisotopic (exact) mass is 304 g/mol. The highest BCUT2D eigenvalue weighted by Gasteiger charge is 2.23. The molecule has 116 valence electrons. The van der Waals surface area contributed by atoms with Crippen molar-refractivity contribution in [2.24, 2.45) is 0 Å². The average Bonchev–Trinajstić information content (AvgIpc) is 2.93. The van der Waals surface area contributed by atoms with E-state index < -0.39 is 0 Å². The van der Waals surface area contributed by atoms with E-state index in [0.717, 1.165) is 0 Å². The molecule has 0 bridgehead atoms. The third-order valence-corrected chi connectivity index (χ3v) is 3.70. The highest BCUT2D eigenvalue weighted by Crippen LogP contribution is 2.20. The number of carbonyl (C=O) groups excluding carboxylic acids is 1. The molecule has 1 fully saturated rings. The van der Waals surface area contributed by atoms with Gasteiger partial charge in [0.1, 0.15) is 12.2 Å². The Kier molecular flexibility index (Phi) is 4.04. The number of benzene rings is 1. The van der Waals surface area contributed by atoms with Crippen molar-refractivity contribution in [1.29, 1.82) is 0 Å². The van der Waals surface area contributed by atoms with E-state index in [1.807, 2.05) is 11.0 Å². The molecule has 6 nitrogen and oxygen atoms in total. The lowest BCUT2D eigenvalue weighted by molar-refractivity contribution is -0.131. The predicted octanol–water partition coefficient (Wildman–Crippen LogP) is 1.41. The standard InChI is InChI=1S/C15H17FN4O2/c1-11-17-14(22-18-11)10-15(21)20-8-6-19(7-9-20)13-5-3-2-4-12(13)16/h2-5H,6-10H2,1H3. The number of nitrogens with zero attached hydrogens (tertiary/aromatic N) is 4. The Morgan fingerprint density at radius 3 is 2.64 bits per heavy atom. The van der Waals surface area contributed by atoms with Gasteiger partial charge in [-0.2, -0.15) is 4.98 Å². The van der Waals surface area contributed by atoms with Crippen LogP contribution in [0.4, 0.5) is 10.1 Å². The van der Waals surface area contributed by atoms with Crippen LogP contribution in [0.15, 0.2) is 28.8 Å². The number of para-hydroxylation sites is 1. The quantitative estimate of drug-likeness (QED) is 0.858. The van der Waals surface area contributed by atoms with Gasteiger partial charge in [-0.05, 0) is 19.1 Å². The van der Waals surface area contributed by atoms with Crippen molar-refractivity contribution in [3.63, 3.8) is 0 Å². The van der Waals surface area contributed by atoms with E-state index >= 15 is 0 Å². The van der Waals surface area contributed by atoms with E-state index in [4.69, 9.17) is 4.52 Å². The summed E-state index contributed by atoms with van der Waals surface area (Å²) in [5, 5.41) is 3.67. The Morgan fingerprint density at radius 2 is 2.00 bits per heavy atom. The molecule has 7 heteroatoms. The molecule has 0 N–H and O–H groups in total. The molecule has 0 aliphatic carbocycles. The minimum Gasteiger partial charge on any atom is -0.366 e. The summed E-state index contributed by atoms with van der Waals surface area (Å²) in [4.78, 5) is 19.9. The topological polar surface area (TPSA) is 62.5 Å². The van der Waals surface area contributed by atoms with Crippen molar-refractivity contribution >= 4 is 11.6 Å². The maximum Gasteiger partial charge on any atom is 0.236 e. The molecule has 1 amide bonds. The summed E-state index contributed by atoms with van der Waals surface area (Å²) in [5.74, 6) is 0.576. The molecule has 1 aromatic heterocycles. The van der Waals surface area contributed by atoms with Crippen LogP contribution in [0.2, 0.25) is 0 Å². The Balaban J connectivity index is 1.57. The summed E-state index contributed by atoms with van der Waals surface area (Å²) in [6, 6.07) is 6.69. The van der Waals surface area contributed by atoms with Gasteiger partial charge in [0, 0.05) is 26.2 Å². The molecular weight excluding hydrogens is 287 g/mol. The number of anilines is 1. The van der Waals surface area contributed by atoms with Crippen LogP contribution >= 0.6 is 0 Å². The molecule has 0 saturated carbocycles. The Morgan fingerprint density at radius 1 is 1.27 bits per heavy atom. The smallest absolute Gasteiger partial charge is 0.236 e. The molecule has 22 heavy (non-hydrogen) atoms. The maximum absolute atomic E-state index is 13.8. The summed E-state index contributed by atoms with van der Waals surface area (Å²) < 4.78 is 18.7. The minimum absolute atomic E-state index is 0.0446. The van der Waals surface area contributed by atoms with Crippen molar-refractivity contribution in [3.05, 3.63) is 41.8 Å². The van der Waals surface area contributed by atoms with Gasteiger partial charge in [-0.3, -0.25) is 4.79 Å². The van der Waals surface area contributed by atoms with Crippen LogP contribution in [0.3, 0.4) is 0 Å². The number of rotatable bonds is 3. The summed E-state index contributed by atoms with van der Waals surface area (Å²) in [5.41, 5.74) is 0.585. The molecule has 1 aromatic carbocycles. The molecule has 0 atom stereocenters. The number of aryl methyl sites for hydroxylation is 1. The van der Waals surface area contributed by atoms with Crippen LogP contribution in [0.25, 0.3) is 0 Å². The first-order valence-corrected chi connectivity index (χ1v) is 7.20. The molecule has 2 aromatic rings. The number of hydrogen-bond acceptors (Lipinski definition) is 5. The van der Waals surface area contributed by atoms with Crippen LogP contribution in [0.5, 0.6) is 0 Å². The zero-order chi connectivity index (χ0) is 15.5. The van der Waals surface area contributed by atoms with E-state index in [1.165, 1.54) is 6.07 Å². The molecule has 2 heterocycles. The zero-order valence-corrected chi connectivity index (χ0v) is 12.3. The lowest BCUT2D eigenvalue weighted by Gasteiger charge is -2.36. The van der Waals surface area contributed by atoms with E-state index in [9.17, 15) is 9.18 Å². The van der Waals surface area contributed by atoms with Crippen LogP contribution in [-0.4, -0.2) is 47.1 Å². The Labute approximate surface area is 127 Å². The number of carbonyl (C=O) groups is 1. The van der Waals surface area contributed by atoms with Crippen LogP contribution in [0, 0.1) is 12.7 Å². The van der Waals surface area contributed by atoms with E-state index in [0.29, 0.717) is 43.6 Å². The van der Waals surface area contributed by atoms with Crippen molar-refractivity contribution in [2.45, 2.75) is 13.3 Å². The Hall–Kier alpha value is -2.44. The number of amides is 1. The van der Waals surface area contributed by atoms with Gasteiger partial charge in [0.2, 0.25) is 11.8 Å². The van der Waals surface area contributed by atoms with Gasteiger partial charge in [0.25, 0.3) is 0 Å². The second-order valence-corrected chi connectivity index (χ2v) is 5.23. The van der Waals surface area contributed by atoms with Crippen LogP contribution in [0.1, 0.15) is 11.7 Å². The average molecular weight is 304 g/mol. The van der Waals surface area contributed by atoms with Crippen LogP contribution in [-0.2, 0) is 11.2 Å². The number of aromatic nitrogens is 2. The first kappa shape index (κ1) is 14.5. The largest absolute Gasteiger partial charge is 0.366 e. The third kappa shape index (κ3) is 3.08. The van der Waals surface area contributed by atoms with Crippen molar-refractivity contribution in [2.75, 3.05) is 31.1 Å². The van der Waals surface area contributed by atoms with Crippen LogP contribution < -0.4 is 4.90 Å². The highest BCUT2D eigenvalue weighted by molar-refractivity contribution is 5.78. The zero-order valence-electron chi connectivity index (χ0n) is 12.3. The summed E-state index contributed by atoms with van der Waals surface area (Å²) in [6.07, 6.45) is 0.112. The van der Waals surface area contributed by atoms with Gasteiger partial charge < -0.3 is 14.3 Å².